The molecule has 0 atom stereocenters. The molecule has 0 N–H and O–H groups in total. The Morgan fingerprint density at radius 2 is 1.85 bits per heavy atom. The van der Waals surface area contributed by atoms with Crippen molar-refractivity contribution in [2.24, 2.45) is 5.41 Å². The van der Waals surface area contributed by atoms with Gasteiger partial charge in [0.15, 0.2) is 6.29 Å². The highest BCUT2D eigenvalue weighted by Gasteiger charge is 2.26. The average molecular weight is 186 g/mol. The van der Waals surface area contributed by atoms with Gasteiger partial charge < -0.3 is 9.47 Å². The first-order valence-electron chi connectivity index (χ1n) is 4.76. The molecule has 0 spiro atoms. The van der Waals surface area contributed by atoms with Crippen molar-refractivity contribution in [1.29, 1.82) is 0 Å². The first kappa shape index (κ1) is 10.7. The number of hydrogen-bond donors (Lipinski definition) is 0. The van der Waals surface area contributed by atoms with Gasteiger partial charge in [-0.15, -0.1) is 0 Å². The molecule has 0 radical (unpaired) electrons. The van der Waals surface area contributed by atoms with Gasteiger partial charge in [-0.25, -0.2) is 0 Å². The van der Waals surface area contributed by atoms with Crippen LogP contribution in [0.5, 0.6) is 0 Å². The lowest BCUT2D eigenvalue weighted by Crippen LogP contribution is -2.31. The van der Waals surface area contributed by atoms with Gasteiger partial charge in [0.25, 0.3) is 0 Å². The number of ketones is 1. The van der Waals surface area contributed by atoms with Gasteiger partial charge in [0.2, 0.25) is 0 Å². The molecule has 0 saturated carbocycles. The van der Waals surface area contributed by atoms with E-state index in [0.717, 1.165) is 6.42 Å². The van der Waals surface area contributed by atoms with Crippen LogP contribution >= 0.6 is 0 Å². The lowest BCUT2D eigenvalue weighted by atomic mass is 9.89. The van der Waals surface area contributed by atoms with E-state index < -0.39 is 0 Å². The zero-order valence-electron chi connectivity index (χ0n) is 8.63. The number of Topliss-reactive ketones (excluding diaryl/α,β-unsaturated/α-hetero) is 1. The van der Waals surface area contributed by atoms with E-state index in [1.165, 1.54) is 0 Å². The second-order valence-electron chi connectivity index (χ2n) is 4.40. The topological polar surface area (TPSA) is 35.5 Å². The molecular formula is C10H18O3. The fourth-order valence-corrected chi connectivity index (χ4v) is 1.11. The fourth-order valence-electron chi connectivity index (χ4n) is 1.11. The van der Waals surface area contributed by atoms with Crippen LogP contribution in [0.4, 0.5) is 0 Å². The number of ether oxygens (including phenoxy) is 2. The normalized spacial score (nSPS) is 20.2. The smallest absolute Gasteiger partial charge is 0.164 e. The van der Waals surface area contributed by atoms with Crippen LogP contribution in [0, 0.1) is 5.41 Å². The van der Waals surface area contributed by atoms with Crippen molar-refractivity contribution < 1.29 is 14.3 Å². The summed E-state index contributed by atoms with van der Waals surface area (Å²) in [6, 6.07) is 0. The second-order valence-corrected chi connectivity index (χ2v) is 4.40. The summed E-state index contributed by atoms with van der Waals surface area (Å²) in [6.45, 7) is 7.17. The molecule has 1 heterocycles. The van der Waals surface area contributed by atoms with E-state index in [1.54, 1.807) is 0 Å². The minimum atomic E-state index is -0.305. The van der Waals surface area contributed by atoms with Crippen LogP contribution in [0.1, 0.15) is 33.6 Å². The summed E-state index contributed by atoms with van der Waals surface area (Å²) >= 11 is 0. The summed E-state index contributed by atoms with van der Waals surface area (Å²) in [4.78, 5) is 11.6. The standard InChI is InChI=1S/C10H18O3/c1-10(2,3)8(11)7-9-12-5-4-6-13-9/h9H,4-7H2,1-3H3. The molecule has 1 aliphatic rings. The van der Waals surface area contributed by atoms with Gasteiger partial charge >= 0.3 is 0 Å². The van der Waals surface area contributed by atoms with Crippen LogP contribution in [0.25, 0.3) is 0 Å². The molecule has 1 rings (SSSR count). The van der Waals surface area contributed by atoms with Crippen LogP contribution in [0.2, 0.25) is 0 Å². The molecule has 1 saturated heterocycles. The fraction of sp³-hybridized carbons (Fsp3) is 0.900. The number of carbonyl (C=O) groups is 1. The van der Waals surface area contributed by atoms with Gasteiger partial charge in [0, 0.05) is 5.41 Å². The zero-order chi connectivity index (χ0) is 9.90. The van der Waals surface area contributed by atoms with Crippen molar-refractivity contribution in [2.45, 2.75) is 39.9 Å². The molecule has 0 unspecified atom stereocenters. The molecule has 0 amide bonds. The van der Waals surface area contributed by atoms with E-state index >= 15 is 0 Å². The van der Waals surface area contributed by atoms with Crippen molar-refractivity contribution in [3.05, 3.63) is 0 Å². The summed E-state index contributed by atoms with van der Waals surface area (Å²) in [5.74, 6) is 0.194. The maximum absolute atomic E-state index is 11.6. The molecule has 0 aromatic heterocycles. The Morgan fingerprint density at radius 1 is 1.31 bits per heavy atom. The third kappa shape index (κ3) is 3.44. The Kier molecular flexibility index (Phi) is 3.45. The first-order valence-corrected chi connectivity index (χ1v) is 4.76. The van der Waals surface area contributed by atoms with Gasteiger partial charge in [0.05, 0.1) is 19.6 Å². The average Bonchev–Trinajstić information content (AvgIpc) is 2.04. The van der Waals surface area contributed by atoms with Crippen molar-refractivity contribution in [2.75, 3.05) is 13.2 Å². The molecule has 0 aromatic rings. The van der Waals surface area contributed by atoms with Crippen LogP contribution in [-0.2, 0) is 14.3 Å². The number of carbonyl (C=O) groups excluding carboxylic acids is 1. The molecule has 1 fully saturated rings. The van der Waals surface area contributed by atoms with E-state index in [-0.39, 0.29) is 17.5 Å². The molecule has 3 heteroatoms. The van der Waals surface area contributed by atoms with Crippen LogP contribution in [0.3, 0.4) is 0 Å². The van der Waals surface area contributed by atoms with E-state index in [9.17, 15) is 4.79 Å². The Morgan fingerprint density at radius 3 is 2.31 bits per heavy atom. The molecule has 76 valence electrons. The Bertz CT molecular complexity index is 175. The van der Waals surface area contributed by atoms with E-state index in [2.05, 4.69) is 0 Å². The Hall–Kier alpha value is -0.410. The molecule has 13 heavy (non-hydrogen) atoms. The maximum Gasteiger partial charge on any atom is 0.164 e. The van der Waals surface area contributed by atoms with Crippen molar-refractivity contribution in [1.82, 2.24) is 0 Å². The summed E-state index contributed by atoms with van der Waals surface area (Å²) in [5.41, 5.74) is -0.288. The summed E-state index contributed by atoms with van der Waals surface area (Å²) in [5, 5.41) is 0. The van der Waals surface area contributed by atoms with Gasteiger partial charge in [-0.3, -0.25) is 4.79 Å². The summed E-state index contributed by atoms with van der Waals surface area (Å²) < 4.78 is 10.6. The summed E-state index contributed by atoms with van der Waals surface area (Å²) in [6.07, 6.45) is 1.00. The van der Waals surface area contributed by atoms with E-state index in [4.69, 9.17) is 9.47 Å². The Labute approximate surface area is 79.4 Å². The highest BCUT2D eigenvalue weighted by atomic mass is 16.7. The minimum absolute atomic E-state index is 0.194. The molecule has 0 bridgehead atoms. The highest BCUT2D eigenvalue weighted by molar-refractivity contribution is 5.83. The molecular weight excluding hydrogens is 168 g/mol. The SMILES string of the molecule is CC(C)(C)C(=O)CC1OCCCO1. The zero-order valence-corrected chi connectivity index (χ0v) is 8.63. The van der Waals surface area contributed by atoms with Crippen molar-refractivity contribution in [3.63, 3.8) is 0 Å². The third-order valence-electron chi connectivity index (χ3n) is 2.08. The number of hydrogen-bond acceptors (Lipinski definition) is 3. The monoisotopic (exact) mass is 186 g/mol. The Balaban J connectivity index is 2.35. The van der Waals surface area contributed by atoms with Gasteiger partial charge in [0.1, 0.15) is 5.78 Å². The molecule has 0 aromatic carbocycles. The number of rotatable bonds is 2. The van der Waals surface area contributed by atoms with Crippen molar-refractivity contribution >= 4 is 5.78 Å². The predicted molar refractivity (Wildman–Crippen MR) is 49.4 cm³/mol. The second kappa shape index (κ2) is 4.20. The summed E-state index contributed by atoms with van der Waals surface area (Å²) in [7, 11) is 0. The molecule has 3 nitrogen and oxygen atoms in total. The molecule has 1 aliphatic heterocycles. The lowest BCUT2D eigenvalue weighted by molar-refractivity contribution is -0.185. The van der Waals surface area contributed by atoms with Crippen LogP contribution in [-0.4, -0.2) is 25.3 Å². The quantitative estimate of drug-likeness (QED) is 0.659. The van der Waals surface area contributed by atoms with E-state index in [1.807, 2.05) is 20.8 Å². The van der Waals surface area contributed by atoms with Crippen LogP contribution < -0.4 is 0 Å². The van der Waals surface area contributed by atoms with Gasteiger partial charge in [-0.05, 0) is 6.42 Å². The van der Waals surface area contributed by atoms with Gasteiger partial charge in [-0.2, -0.15) is 0 Å². The highest BCUT2D eigenvalue weighted by Crippen LogP contribution is 2.20. The largest absolute Gasteiger partial charge is 0.352 e. The molecule has 0 aliphatic carbocycles. The maximum atomic E-state index is 11.6. The van der Waals surface area contributed by atoms with Crippen molar-refractivity contribution in [3.8, 4) is 0 Å². The van der Waals surface area contributed by atoms with E-state index in [0.29, 0.717) is 19.6 Å². The van der Waals surface area contributed by atoms with Crippen LogP contribution in [0.15, 0.2) is 0 Å². The third-order valence-corrected chi connectivity index (χ3v) is 2.08. The predicted octanol–water partition coefficient (Wildman–Crippen LogP) is 1.75. The lowest BCUT2D eigenvalue weighted by Gasteiger charge is -2.25. The van der Waals surface area contributed by atoms with Gasteiger partial charge in [-0.1, -0.05) is 20.8 Å². The minimum Gasteiger partial charge on any atom is -0.352 e. The first-order chi connectivity index (χ1) is 6.00.